The second-order valence-corrected chi connectivity index (χ2v) is 4.57. The Kier molecular flexibility index (Phi) is 5.41. The number of hydrogen-bond donors (Lipinski definition) is 2. The van der Waals surface area contributed by atoms with Gasteiger partial charge in [0.05, 0.1) is 6.54 Å². The Morgan fingerprint density at radius 1 is 1.41 bits per heavy atom. The number of hydrogen-bond acceptors (Lipinski definition) is 3. The van der Waals surface area contributed by atoms with Crippen LogP contribution in [0, 0.1) is 5.92 Å². The molecule has 17 heavy (non-hydrogen) atoms. The van der Waals surface area contributed by atoms with Gasteiger partial charge in [-0.15, -0.1) is 0 Å². The first kappa shape index (κ1) is 14.0. The molecule has 0 aromatic heterocycles. The summed E-state index contributed by atoms with van der Waals surface area (Å²) in [6.07, 6.45) is 2.63. The van der Waals surface area contributed by atoms with Crippen molar-refractivity contribution in [1.29, 1.82) is 0 Å². The average molecular weight is 241 g/mol. The van der Waals surface area contributed by atoms with Crippen molar-refractivity contribution in [2.45, 2.75) is 39.2 Å². The van der Waals surface area contributed by atoms with Crippen molar-refractivity contribution in [3.05, 3.63) is 0 Å². The van der Waals surface area contributed by atoms with E-state index in [-0.39, 0.29) is 24.4 Å². The highest BCUT2D eigenvalue weighted by Gasteiger charge is 2.31. The lowest BCUT2D eigenvalue weighted by Crippen LogP contribution is -2.42. The molecule has 1 atom stereocenters. The number of carbonyl (C=O) groups is 2. The average Bonchev–Trinajstić information content (AvgIpc) is 3.09. The molecule has 5 nitrogen and oxygen atoms in total. The molecule has 1 aliphatic carbocycles. The molecule has 1 unspecified atom stereocenters. The summed E-state index contributed by atoms with van der Waals surface area (Å²) in [4.78, 5) is 24.9. The summed E-state index contributed by atoms with van der Waals surface area (Å²) in [6.45, 7) is 5.01. The zero-order chi connectivity index (χ0) is 12.8. The molecule has 1 saturated carbocycles. The number of nitrogens with one attached hydrogen (secondary N) is 1. The van der Waals surface area contributed by atoms with Gasteiger partial charge in [-0.1, -0.05) is 0 Å². The van der Waals surface area contributed by atoms with Gasteiger partial charge in [0.25, 0.3) is 0 Å². The Morgan fingerprint density at radius 2 is 2.06 bits per heavy atom. The first-order valence-electron chi connectivity index (χ1n) is 6.38. The maximum atomic E-state index is 11.9. The summed E-state index contributed by atoms with van der Waals surface area (Å²) < 4.78 is 0. The van der Waals surface area contributed by atoms with Gasteiger partial charge in [-0.25, -0.2) is 0 Å². The highest BCUT2D eigenvalue weighted by atomic mass is 16.2. The third-order valence-corrected chi connectivity index (χ3v) is 3.08. The van der Waals surface area contributed by atoms with E-state index >= 15 is 0 Å². The van der Waals surface area contributed by atoms with Crippen LogP contribution in [-0.4, -0.2) is 42.4 Å². The summed E-state index contributed by atoms with van der Waals surface area (Å²) in [7, 11) is 0. The van der Waals surface area contributed by atoms with Crippen molar-refractivity contribution < 1.29 is 9.59 Å². The lowest BCUT2D eigenvalue weighted by Gasteiger charge is -2.22. The molecule has 0 aliphatic heterocycles. The number of carbonyl (C=O) groups excluding carboxylic acids is 2. The summed E-state index contributed by atoms with van der Waals surface area (Å²) >= 11 is 0. The van der Waals surface area contributed by atoms with E-state index in [2.05, 4.69) is 5.32 Å². The molecule has 5 heteroatoms. The predicted molar refractivity (Wildman–Crippen MR) is 66.3 cm³/mol. The summed E-state index contributed by atoms with van der Waals surface area (Å²) in [5.41, 5.74) is 5.91. The molecule has 0 spiro atoms. The van der Waals surface area contributed by atoms with E-state index in [1.54, 1.807) is 4.90 Å². The molecule has 1 fully saturated rings. The van der Waals surface area contributed by atoms with Crippen molar-refractivity contribution in [2.75, 3.05) is 19.6 Å². The predicted octanol–water partition coefficient (Wildman–Crippen LogP) is 0.0984. The second-order valence-electron chi connectivity index (χ2n) is 4.57. The molecule has 1 aliphatic rings. The zero-order valence-electron chi connectivity index (χ0n) is 10.7. The van der Waals surface area contributed by atoms with Gasteiger partial charge in [-0.2, -0.15) is 0 Å². The molecule has 0 aromatic rings. The summed E-state index contributed by atoms with van der Waals surface area (Å²) in [5, 5.41) is 2.69. The molecule has 0 radical (unpaired) electrons. The van der Waals surface area contributed by atoms with Crippen LogP contribution in [0.3, 0.4) is 0 Å². The SMILES string of the molecule is CCNC(=O)CN(CC)C(=O)CC(N)C1CC1. The third kappa shape index (κ3) is 4.73. The highest BCUT2D eigenvalue weighted by Crippen LogP contribution is 2.32. The van der Waals surface area contributed by atoms with Crippen LogP contribution in [0.4, 0.5) is 0 Å². The van der Waals surface area contributed by atoms with Crippen LogP contribution in [-0.2, 0) is 9.59 Å². The van der Waals surface area contributed by atoms with Crippen molar-refractivity contribution in [3.8, 4) is 0 Å². The monoisotopic (exact) mass is 241 g/mol. The Morgan fingerprint density at radius 3 is 2.53 bits per heavy atom. The molecular weight excluding hydrogens is 218 g/mol. The maximum Gasteiger partial charge on any atom is 0.239 e. The van der Waals surface area contributed by atoms with Crippen molar-refractivity contribution in [3.63, 3.8) is 0 Å². The Hall–Kier alpha value is -1.10. The number of nitrogens with zero attached hydrogens (tertiary/aromatic N) is 1. The van der Waals surface area contributed by atoms with Crippen LogP contribution in [0.5, 0.6) is 0 Å². The van der Waals surface area contributed by atoms with E-state index in [1.165, 1.54) is 0 Å². The van der Waals surface area contributed by atoms with E-state index in [0.717, 1.165) is 12.8 Å². The van der Waals surface area contributed by atoms with Gasteiger partial charge >= 0.3 is 0 Å². The number of nitrogens with two attached hydrogens (primary N) is 1. The van der Waals surface area contributed by atoms with E-state index in [4.69, 9.17) is 5.73 Å². The molecule has 3 N–H and O–H groups in total. The maximum absolute atomic E-state index is 11.9. The van der Waals surface area contributed by atoms with E-state index < -0.39 is 0 Å². The van der Waals surface area contributed by atoms with Crippen LogP contribution in [0.15, 0.2) is 0 Å². The van der Waals surface area contributed by atoms with Crippen molar-refractivity contribution in [2.24, 2.45) is 11.7 Å². The molecule has 0 aromatic carbocycles. The fraction of sp³-hybridized carbons (Fsp3) is 0.833. The molecule has 0 saturated heterocycles. The summed E-state index contributed by atoms with van der Waals surface area (Å²) in [5.74, 6) is 0.392. The van der Waals surface area contributed by atoms with Gasteiger partial charge < -0.3 is 16.0 Å². The fourth-order valence-corrected chi connectivity index (χ4v) is 1.82. The van der Waals surface area contributed by atoms with Gasteiger partial charge in [0, 0.05) is 25.6 Å². The Balaban J connectivity index is 2.36. The Labute approximate surface area is 103 Å². The first-order chi connectivity index (χ1) is 8.08. The molecule has 1 rings (SSSR count). The largest absolute Gasteiger partial charge is 0.355 e. The van der Waals surface area contributed by atoms with Gasteiger partial charge in [-0.05, 0) is 32.6 Å². The number of amides is 2. The molecule has 98 valence electrons. The van der Waals surface area contributed by atoms with Gasteiger partial charge in [0.1, 0.15) is 0 Å². The van der Waals surface area contributed by atoms with E-state index in [1.807, 2.05) is 13.8 Å². The van der Waals surface area contributed by atoms with Crippen molar-refractivity contribution in [1.82, 2.24) is 10.2 Å². The smallest absolute Gasteiger partial charge is 0.239 e. The highest BCUT2D eigenvalue weighted by molar-refractivity contribution is 5.85. The molecular formula is C12H23N3O2. The lowest BCUT2D eigenvalue weighted by atomic mass is 10.1. The van der Waals surface area contributed by atoms with Crippen molar-refractivity contribution >= 4 is 11.8 Å². The van der Waals surface area contributed by atoms with E-state index in [0.29, 0.717) is 25.4 Å². The van der Waals surface area contributed by atoms with Gasteiger partial charge in [0.15, 0.2) is 0 Å². The van der Waals surface area contributed by atoms with Crippen LogP contribution in [0.25, 0.3) is 0 Å². The molecule has 0 heterocycles. The third-order valence-electron chi connectivity index (χ3n) is 3.08. The molecule has 2 amide bonds. The minimum atomic E-state index is -0.109. The van der Waals surface area contributed by atoms with Gasteiger partial charge in [-0.3, -0.25) is 9.59 Å². The zero-order valence-corrected chi connectivity index (χ0v) is 10.7. The van der Waals surface area contributed by atoms with Gasteiger partial charge in [0.2, 0.25) is 11.8 Å². The van der Waals surface area contributed by atoms with E-state index in [9.17, 15) is 9.59 Å². The minimum Gasteiger partial charge on any atom is -0.355 e. The lowest BCUT2D eigenvalue weighted by molar-refractivity contribution is -0.136. The van der Waals surface area contributed by atoms with Crippen LogP contribution >= 0.6 is 0 Å². The quantitative estimate of drug-likeness (QED) is 0.663. The Bertz CT molecular complexity index is 277. The number of likely N-dealkylation sites (N-methyl/N-ethyl adjacent to an activating group) is 2. The first-order valence-corrected chi connectivity index (χ1v) is 6.38. The fourth-order valence-electron chi connectivity index (χ4n) is 1.82. The standard InChI is InChI=1S/C12H23N3O2/c1-3-14-11(16)8-15(4-2)12(17)7-10(13)9-5-6-9/h9-10H,3-8,13H2,1-2H3,(H,14,16). The topological polar surface area (TPSA) is 75.4 Å². The number of rotatable bonds is 7. The minimum absolute atomic E-state index is 0.0156. The van der Waals surface area contributed by atoms with Crippen LogP contribution in [0.2, 0.25) is 0 Å². The summed E-state index contributed by atoms with van der Waals surface area (Å²) in [6, 6.07) is -0.0363. The van der Waals surface area contributed by atoms with Crippen LogP contribution < -0.4 is 11.1 Å². The molecule has 0 bridgehead atoms. The second kappa shape index (κ2) is 6.59. The normalized spacial score (nSPS) is 16.4. The van der Waals surface area contributed by atoms with Crippen LogP contribution in [0.1, 0.15) is 33.1 Å².